The van der Waals surface area contributed by atoms with Crippen LogP contribution in [0.15, 0.2) is 23.5 Å². The molecule has 0 aromatic rings. The molecule has 98 valence electrons. The van der Waals surface area contributed by atoms with Gasteiger partial charge in [0.05, 0.1) is 5.76 Å². The van der Waals surface area contributed by atoms with Crippen LogP contribution in [0.4, 0.5) is 0 Å². The Morgan fingerprint density at radius 2 is 1.59 bits per heavy atom. The first-order valence-corrected chi connectivity index (χ1v) is 9.67. The molecule has 0 N–H and O–H groups in total. The Kier molecular flexibility index (Phi) is 5.51. The van der Waals surface area contributed by atoms with Crippen molar-refractivity contribution in [2.24, 2.45) is 5.92 Å². The van der Waals surface area contributed by atoms with Gasteiger partial charge in [0.15, 0.2) is 0 Å². The molecular weight excluding hydrogens is 224 g/mol. The van der Waals surface area contributed by atoms with Crippen molar-refractivity contribution in [3.8, 4) is 0 Å². The SMILES string of the molecule is CC[Si](CC)(CC)OC1=C(C(C)C)CC=CC1. The lowest BCUT2D eigenvalue weighted by molar-refractivity contribution is 0.377. The Hall–Kier alpha value is -0.503. The Balaban J connectivity index is 2.89. The minimum absolute atomic E-state index is 0.618. The van der Waals surface area contributed by atoms with Crippen LogP contribution in [-0.2, 0) is 4.43 Å². The van der Waals surface area contributed by atoms with Crippen LogP contribution >= 0.6 is 0 Å². The summed E-state index contributed by atoms with van der Waals surface area (Å²) in [7, 11) is -1.48. The highest BCUT2D eigenvalue weighted by molar-refractivity contribution is 6.73. The average molecular weight is 252 g/mol. The molecule has 0 aliphatic heterocycles. The van der Waals surface area contributed by atoms with Crippen LogP contribution in [0.1, 0.15) is 47.5 Å². The van der Waals surface area contributed by atoms with Crippen LogP contribution < -0.4 is 0 Å². The Morgan fingerprint density at radius 3 is 2.06 bits per heavy atom. The molecule has 0 aromatic carbocycles. The van der Waals surface area contributed by atoms with E-state index in [1.165, 1.54) is 29.5 Å². The van der Waals surface area contributed by atoms with Crippen molar-refractivity contribution in [1.29, 1.82) is 0 Å². The zero-order valence-electron chi connectivity index (χ0n) is 12.2. The van der Waals surface area contributed by atoms with Crippen molar-refractivity contribution in [2.75, 3.05) is 0 Å². The van der Waals surface area contributed by atoms with Gasteiger partial charge in [0, 0.05) is 6.42 Å². The zero-order chi connectivity index (χ0) is 12.9. The van der Waals surface area contributed by atoms with Gasteiger partial charge in [-0.05, 0) is 36.0 Å². The molecule has 0 unspecified atom stereocenters. The largest absolute Gasteiger partial charge is 0.546 e. The van der Waals surface area contributed by atoms with Gasteiger partial charge in [-0.1, -0.05) is 46.8 Å². The molecule has 1 rings (SSSR count). The van der Waals surface area contributed by atoms with Crippen LogP contribution in [0.5, 0.6) is 0 Å². The smallest absolute Gasteiger partial charge is 0.250 e. The highest BCUT2D eigenvalue weighted by Gasteiger charge is 2.32. The summed E-state index contributed by atoms with van der Waals surface area (Å²) in [6, 6.07) is 3.70. The molecule has 0 heterocycles. The van der Waals surface area contributed by atoms with Gasteiger partial charge in [-0.3, -0.25) is 0 Å². The van der Waals surface area contributed by atoms with Crippen molar-refractivity contribution in [3.63, 3.8) is 0 Å². The number of hydrogen-bond donors (Lipinski definition) is 0. The van der Waals surface area contributed by atoms with Gasteiger partial charge in [-0.25, -0.2) is 0 Å². The third kappa shape index (κ3) is 3.48. The van der Waals surface area contributed by atoms with E-state index < -0.39 is 8.32 Å². The van der Waals surface area contributed by atoms with Gasteiger partial charge >= 0.3 is 0 Å². The van der Waals surface area contributed by atoms with E-state index in [1.807, 2.05) is 0 Å². The molecule has 0 aromatic heterocycles. The third-order valence-corrected chi connectivity index (χ3v) is 8.68. The normalized spacial score (nSPS) is 16.8. The Morgan fingerprint density at radius 1 is 1.06 bits per heavy atom. The maximum atomic E-state index is 6.57. The first kappa shape index (κ1) is 14.6. The Bertz CT molecular complexity index is 290. The highest BCUT2D eigenvalue weighted by atomic mass is 28.4. The molecule has 1 aliphatic rings. The lowest BCUT2D eigenvalue weighted by Crippen LogP contribution is -2.36. The summed E-state index contributed by atoms with van der Waals surface area (Å²) in [6.45, 7) is 11.5. The van der Waals surface area contributed by atoms with Gasteiger partial charge in [-0.15, -0.1) is 0 Å². The van der Waals surface area contributed by atoms with Crippen molar-refractivity contribution < 1.29 is 4.43 Å². The van der Waals surface area contributed by atoms with E-state index in [-0.39, 0.29) is 0 Å². The van der Waals surface area contributed by atoms with Crippen molar-refractivity contribution >= 4 is 8.32 Å². The van der Waals surface area contributed by atoms with Gasteiger partial charge in [0.2, 0.25) is 8.32 Å². The van der Waals surface area contributed by atoms with Crippen LogP contribution in [-0.4, -0.2) is 8.32 Å². The van der Waals surface area contributed by atoms with E-state index in [4.69, 9.17) is 4.43 Å². The van der Waals surface area contributed by atoms with Crippen molar-refractivity contribution in [2.45, 2.75) is 65.6 Å². The van der Waals surface area contributed by atoms with Gasteiger partial charge in [0.25, 0.3) is 0 Å². The quantitative estimate of drug-likeness (QED) is 0.462. The predicted octanol–water partition coefficient (Wildman–Crippen LogP) is 5.27. The van der Waals surface area contributed by atoms with Crippen LogP contribution in [0.2, 0.25) is 18.1 Å². The molecule has 17 heavy (non-hydrogen) atoms. The average Bonchev–Trinajstić information content (AvgIpc) is 2.36. The van der Waals surface area contributed by atoms with Crippen LogP contribution in [0.3, 0.4) is 0 Å². The zero-order valence-corrected chi connectivity index (χ0v) is 13.2. The summed E-state index contributed by atoms with van der Waals surface area (Å²) in [5.74, 6) is 1.92. The first-order chi connectivity index (χ1) is 8.08. The molecule has 1 nitrogen and oxygen atoms in total. The first-order valence-electron chi connectivity index (χ1n) is 7.14. The third-order valence-electron chi connectivity index (χ3n) is 4.14. The summed E-state index contributed by atoms with van der Waals surface area (Å²) in [5.41, 5.74) is 1.53. The number of rotatable bonds is 6. The second-order valence-electron chi connectivity index (χ2n) is 5.33. The maximum Gasteiger partial charge on any atom is 0.250 e. The second-order valence-corrected chi connectivity index (χ2v) is 10.0. The molecule has 0 amide bonds. The van der Waals surface area contributed by atoms with Crippen molar-refractivity contribution in [3.05, 3.63) is 23.5 Å². The lowest BCUT2D eigenvalue weighted by Gasteiger charge is -2.33. The number of allylic oxidation sites excluding steroid dienone is 3. The molecule has 0 spiro atoms. The second kappa shape index (κ2) is 6.44. The fourth-order valence-corrected chi connectivity index (χ4v) is 5.21. The van der Waals surface area contributed by atoms with E-state index in [0.29, 0.717) is 5.92 Å². The van der Waals surface area contributed by atoms with E-state index >= 15 is 0 Å². The molecular formula is C15H28OSi. The predicted molar refractivity (Wildman–Crippen MR) is 78.5 cm³/mol. The molecule has 0 bridgehead atoms. The van der Waals surface area contributed by atoms with Crippen molar-refractivity contribution in [1.82, 2.24) is 0 Å². The topological polar surface area (TPSA) is 9.23 Å². The molecule has 0 saturated carbocycles. The monoisotopic (exact) mass is 252 g/mol. The maximum absolute atomic E-state index is 6.57. The van der Waals surface area contributed by atoms with Crippen LogP contribution in [0.25, 0.3) is 0 Å². The van der Waals surface area contributed by atoms with Gasteiger partial charge in [0.1, 0.15) is 0 Å². The molecule has 0 fully saturated rings. The van der Waals surface area contributed by atoms with E-state index in [1.54, 1.807) is 0 Å². The van der Waals surface area contributed by atoms with Gasteiger partial charge in [-0.2, -0.15) is 0 Å². The number of hydrogen-bond acceptors (Lipinski definition) is 1. The summed E-state index contributed by atoms with van der Waals surface area (Å²) >= 11 is 0. The fraction of sp³-hybridized carbons (Fsp3) is 0.733. The molecule has 0 radical (unpaired) electrons. The summed E-state index contributed by atoms with van der Waals surface area (Å²) in [6.07, 6.45) is 6.66. The van der Waals surface area contributed by atoms with E-state index in [9.17, 15) is 0 Å². The molecule has 0 atom stereocenters. The minimum atomic E-state index is -1.48. The Labute approximate surface area is 108 Å². The van der Waals surface area contributed by atoms with Crippen LogP contribution in [0, 0.1) is 5.92 Å². The summed E-state index contributed by atoms with van der Waals surface area (Å²) in [5, 5.41) is 0. The molecule has 2 heteroatoms. The highest BCUT2D eigenvalue weighted by Crippen LogP contribution is 2.32. The summed E-state index contributed by atoms with van der Waals surface area (Å²) in [4.78, 5) is 0. The van der Waals surface area contributed by atoms with E-state index in [2.05, 4.69) is 46.8 Å². The minimum Gasteiger partial charge on any atom is -0.546 e. The molecule has 0 saturated heterocycles. The lowest BCUT2D eigenvalue weighted by atomic mass is 9.94. The standard InChI is InChI=1S/C15H28OSi/c1-6-17(7-2,8-3)16-15-12-10-9-11-14(15)13(4)5/h9-10,13H,6-8,11-12H2,1-5H3. The van der Waals surface area contributed by atoms with Gasteiger partial charge < -0.3 is 4.43 Å². The fourth-order valence-electron chi connectivity index (χ4n) is 2.54. The summed E-state index contributed by atoms with van der Waals surface area (Å²) < 4.78 is 6.57. The molecule has 1 aliphatic carbocycles. The van der Waals surface area contributed by atoms with E-state index in [0.717, 1.165) is 12.8 Å².